The van der Waals surface area contributed by atoms with Crippen molar-refractivity contribution in [3.63, 3.8) is 0 Å². The molecule has 0 aliphatic heterocycles. The average Bonchev–Trinajstić information content (AvgIpc) is 3.42. The molecule has 0 saturated carbocycles. The van der Waals surface area contributed by atoms with E-state index in [9.17, 15) is 25.3 Å². The summed E-state index contributed by atoms with van der Waals surface area (Å²) in [5.41, 5.74) is 36.6. The number of nitrogens with zero attached hydrogens (tertiary/aromatic N) is 16. The van der Waals surface area contributed by atoms with Gasteiger partial charge in [0.05, 0.1) is 9.04 Å². The summed E-state index contributed by atoms with van der Waals surface area (Å²) in [6.45, 7) is 0. The second-order valence-corrected chi connectivity index (χ2v) is 12.9. The van der Waals surface area contributed by atoms with Crippen molar-refractivity contribution in [2.45, 2.75) is 0 Å². The van der Waals surface area contributed by atoms with Gasteiger partial charge in [-0.15, -0.1) is 24.8 Å². The summed E-state index contributed by atoms with van der Waals surface area (Å²) < 4.78 is 89.4. The summed E-state index contributed by atoms with van der Waals surface area (Å²) in [4.78, 5) is 14.7. The smallest absolute Gasteiger partial charge is 0.373 e. The Hall–Kier alpha value is -2.09. The molecule has 0 bridgehead atoms. The van der Waals surface area contributed by atoms with Crippen molar-refractivity contribution in [2.75, 3.05) is 0 Å². The summed E-state index contributed by atoms with van der Waals surface area (Å²) >= 11 is 0. The first kappa shape index (κ1) is 50.7. The molecule has 0 aliphatic carbocycles. The van der Waals surface area contributed by atoms with E-state index in [0.29, 0.717) is 7.94 Å². The Labute approximate surface area is 271 Å². The molecule has 40 heavy (non-hydrogen) atoms. The molecule has 0 aromatic carbocycles. The average molecular weight is 761 g/mol. The van der Waals surface area contributed by atoms with E-state index in [4.69, 9.17) is 36.1 Å². The van der Waals surface area contributed by atoms with Crippen LogP contribution in [-0.2, 0) is 37.9 Å². The van der Waals surface area contributed by atoms with Gasteiger partial charge in [-0.25, -0.2) is 26.3 Å². The van der Waals surface area contributed by atoms with E-state index in [-0.39, 0.29) is 54.4 Å². The normalized spacial score (nSPS) is 9.18. The van der Waals surface area contributed by atoms with Crippen LogP contribution in [0, 0.1) is 0 Å². The first-order valence-electron chi connectivity index (χ1n) is 7.04. The van der Waals surface area contributed by atoms with E-state index in [0.717, 1.165) is 12.7 Å². The van der Waals surface area contributed by atoms with Gasteiger partial charge in [0.15, 0.2) is 0 Å². The maximum absolute atomic E-state index is 10.8. The molecule has 24 nitrogen and oxygen atoms in total. The fraction of sp³-hybridized carbons (Fsp3) is 0. The van der Waals surface area contributed by atoms with Crippen LogP contribution in [0.25, 0.3) is 47.3 Å². The standard InChI is InChI=1S/2C3H3N5O2S.Cl2O2S.ClN3O2S.2ClH.N3.Na/c2*4-6-7-11(9,10)8-2-1-5-3-8;1-5(2,3)4;1-7(5,6)4-3-2;;;1-3-2;/h2*1-3H;;;2*1H;;/q;;;;;;-1;+1. The van der Waals surface area contributed by atoms with Gasteiger partial charge in [0.1, 0.15) is 12.7 Å². The molecule has 0 N–H and O–H groups in total. The monoisotopic (exact) mass is 758 g/mol. The van der Waals surface area contributed by atoms with Crippen molar-refractivity contribution in [3.05, 3.63) is 84.7 Å². The van der Waals surface area contributed by atoms with Gasteiger partial charge in [-0.2, -0.15) is 25.3 Å². The second-order valence-electron chi connectivity index (χ2n) is 4.13. The van der Waals surface area contributed by atoms with Crippen LogP contribution in [0.1, 0.15) is 0 Å². The summed E-state index contributed by atoms with van der Waals surface area (Å²) in [6, 6.07) is 0. The summed E-state index contributed by atoms with van der Waals surface area (Å²) in [7, 11) is -2.60. The molecule has 2 aromatic rings. The molecule has 0 fully saturated rings. The van der Waals surface area contributed by atoms with Crippen molar-refractivity contribution in [1.29, 1.82) is 0 Å². The van der Waals surface area contributed by atoms with Gasteiger partial charge in [-0.3, -0.25) is 4.91 Å². The predicted molar refractivity (Wildman–Crippen MR) is 140 cm³/mol. The Morgan fingerprint density at radius 3 is 1.00 bits per heavy atom. The number of rotatable bonds is 5. The van der Waals surface area contributed by atoms with Gasteiger partial charge in [0, 0.05) is 76.1 Å². The van der Waals surface area contributed by atoms with Crippen LogP contribution in [0.5, 0.6) is 0 Å². The molecule has 0 amide bonds. The van der Waals surface area contributed by atoms with Crippen LogP contribution >= 0.6 is 56.9 Å². The Kier molecular flexibility index (Phi) is 32.8. The summed E-state index contributed by atoms with van der Waals surface area (Å²) in [5.74, 6) is 0. The number of aromatic nitrogens is 4. The van der Waals surface area contributed by atoms with Crippen LogP contribution in [0.4, 0.5) is 0 Å². The van der Waals surface area contributed by atoms with E-state index < -0.39 is 37.9 Å². The molecule has 2 aromatic heterocycles. The number of halogens is 5. The largest absolute Gasteiger partial charge is 1.00 e. The minimum absolute atomic E-state index is 0. The van der Waals surface area contributed by atoms with Crippen LogP contribution in [0.15, 0.2) is 51.0 Å². The summed E-state index contributed by atoms with van der Waals surface area (Å²) in [5, 5.41) is 0. The molecule has 0 spiro atoms. The van der Waals surface area contributed by atoms with Crippen molar-refractivity contribution >= 4 is 94.8 Å². The van der Waals surface area contributed by atoms with Crippen molar-refractivity contribution in [3.8, 4) is 0 Å². The van der Waals surface area contributed by atoms with Crippen molar-refractivity contribution in [2.24, 2.45) is 13.6 Å². The van der Waals surface area contributed by atoms with Gasteiger partial charge in [0.2, 0.25) is 0 Å². The maximum atomic E-state index is 10.8. The van der Waals surface area contributed by atoms with E-state index in [1.807, 2.05) is 4.91 Å². The van der Waals surface area contributed by atoms with Gasteiger partial charge >= 0.3 is 67.5 Å². The fourth-order valence-corrected chi connectivity index (χ4v) is 2.27. The zero-order valence-electron chi connectivity index (χ0n) is 18.5. The third kappa shape index (κ3) is 33.9. The number of imidazole rings is 2. The Morgan fingerprint density at radius 2 is 0.875 bits per heavy atom. The van der Waals surface area contributed by atoms with Gasteiger partial charge in [-0.1, -0.05) is 0 Å². The van der Waals surface area contributed by atoms with E-state index in [1.165, 1.54) is 29.7 Å². The molecule has 220 valence electrons. The van der Waals surface area contributed by atoms with E-state index >= 15 is 0 Å². The zero-order valence-corrected chi connectivity index (χ0v) is 27.6. The molecule has 0 saturated heterocycles. The maximum Gasteiger partial charge on any atom is 1.00 e. The molecule has 0 radical (unpaired) electrons. The number of hydrogen-bond acceptors (Lipinski definition) is 10. The molecule has 0 aliphatic rings. The van der Waals surface area contributed by atoms with Gasteiger partial charge in [-0.05, 0) is 16.6 Å². The minimum Gasteiger partial charge on any atom is -0.373 e. The van der Waals surface area contributed by atoms with Crippen LogP contribution in [0.2, 0.25) is 0 Å². The molecular weight excluding hydrogens is 753 g/mol. The molecule has 0 unspecified atom stereocenters. The summed E-state index contributed by atoms with van der Waals surface area (Å²) in [6.07, 6.45) is 6.94. The minimum atomic E-state index is -3.99. The van der Waals surface area contributed by atoms with E-state index in [2.05, 4.69) is 65.4 Å². The first-order chi connectivity index (χ1) is 16.8. The van der Waals surface area contributed by atoms with Crippen LogP contribution < -0.4 is 29.6 Å². The van der Waals surface area contributed by atoms with Crippen LogP contribution in [-0.4, -0.2) is 51.6 Å². The topological polar surface area (TPSA) is 377 Å². The Bertz CT molecular complexity index is 1500. The number of hydrogen-bond donors (Lipinski definition) is 0. The molecular formula is C6H8Cl5N16NaO8S4. The predicted octanol–water partition coefficient (Wildman–Crippen LogP) is 0.775. The zero-order chi connectivity index (χ0) is 29.8. The van der Waals surface area contributed by atoms with Gasteiger partial charge in [0.25, 0.3) is 0 Å². The Morgan fingerprint density at radius 1 is 0.625 bits per heavy atom. The third-order valence-electron chi connectivity index (χ3n) is 1.91. The van der Waals surface area contributed by atoms with Crippen LogP contribution in [0.3, 0.4) is 0 Å². The quantitative estimate of drug-likeness (QED) is 0.135. The van der Waals surface area contributed by atoms with Gasteiger partial charge < -0.3 is 11.1 Å². The first-order valence-corrected chi connectivity index (χ1v) is 15.2. The molecule has 2 rings (SSSR count). The molecule has 0 atom stereocenters. The Balaban J connectivity index is -0.0000000942. The third-order valence-corrected chi connectivity index (χ3v) is 4.42. The molecule has 2 heterocycles. The molecule has 34 heteroatoms. The number of azide groups is 3. The van der Waals surface area contributed by atoms with Crippen molar-refractivity contribution in [1.82, 2.24) is 17.9 Å². The van der Waals surface area contributed by atoms with E-state index in [1.54, 1.807) is 0 Å². The second kappa shape index (κ2) is 25.8. The SMILES string of the molecule is Cl.Cl.O=S(=O)(Cl)Cl.[N-]=[N+]=NS(=O)(=O)Cl.[N-]=[N+]=NS(=O)(=O)n1ccnc1.[N-]=[N+]=NS(=O)(=O)n1ccnc1.[N-]=[N+]=[N-].[Na+]. The fourth-order valence-electron chi connectivity index (χ4n) is 0.987. The van der Waals surface area contributed by atoms with Crippen molar-refractivity contribution < 1.29 is 63.2 Å².